The van der Waals surface area contributed by atoms with E-state index in [-0.39, 0.29) is 13.0 Å². The van der Waals surface area contributed by atoms with Crippen molar-refractivity contribution in [2.24, 2.45) is 0 Å². The Morgan fingerprint density at radius 1 is 1.46 bits per heavy atom. The second-order valence-electron chi connectivity index (χ2n) is 2.81. The molecule has 1 atom stereocenters. The van der Waals surface area contributed by atoms with Gasteiger partial charge in [-0.15, -0.1) is 0 Å². The Balaban J connectivity index is 3.06. The maximum atomic E-state index is 10.7. The third-order valence-electron chi connectivity index (χ3n) is 2.15. The fourth-order valence-electron chi connectivity index (χ4n) is 1.46. The third-order valence-corrected chi connectivity index (χ3v) is 2.15. The molecule has 0 spiro atoms. The summed E-state index contributed by atoms with van der Waals surface area (Å²) in [6.45, 7) is 0.106. The van der Waals surface area contributed by atoms with E-state index in [0.717, 1.165) is 0 Å². The number of nitrogens with zero attached hydrogens (tertiary/aromatic N) is 2. The van der Waals surface area contributed by atoms with Gasteiger partial charge in [-0.3, -0.25) is 4.90 Å². The van der Waals surface area contributed by atoms with E-state index in [1.165, 1.54) is 0 Å². The van der Waals surface area contributed by atoms with E-state index in [1.54, 1.807) is 6.07 Å². The predicted octanol–water partition coefficient (Wildman–Crippen LogP) is 0.107. The van der Waals surface area contributed by atoms with Crippen LogP contribution in [0, 0.1) is 11.3 Å². The van der Waals surface area contributed by atoms with Gasteiger partial charge in [0.1, 0.15) is 6.07 Å². The molecule has 0 bridgehead atoms. The van der Waals surface area contributed by atoms with Gasteiger partial charge in [0, 0.05) is 6.54 Å². The van der Waals surface area contributed by atoms with E-state index in [2.05, 4.69) is 0 Å². The summed E-state index contributed by atoms with van der Waals surface area (Å²) in [4.78, 5) is 22.0. The summed E-state index contributed by atoms with van der Waals surface area (Å²) in [5.74, 6) is -1.39. The molecule has 13 heavy (non-hydrogen) atoms. The molecule has 1 amide bonds. The second kappa shape index (κ2) is 2.94. The zero-order valence-electron chi connectivity index (χ0n) is 6.73. The number of hydrogen-bond acceptors (Lipinski definition) is 3. The highest BCUT2D eigenvalue weighted by molar-refractivity contribution is 5.87. The molecule has 1 unspecified atom stereocenters. The van der Waals surface area contributed by atoms with E-state index in [1.807, 2.05) is 0 Å². The molecule has 0 radical (unpaired) electrons. The molecular weight excluding hydrogens is 176 g/mol. The van der Waals surface area contributed by atoms with Gasteiger partial charge in [0.05, 0.1) is 0 Å². The summed E-state index contributed by atoms with van der Waals surface area (Å²) in [6, 6.07) is 1.55. The van der Waals surface area contributed by atoms with Crippen LogP contribution < -0.4 is 0 Å². The Kier molecular flexibility index (Phi) is 2.10. The van der Waals surface area contributed by atoms with E-state index in [4.69, 9.17) is 15.5 Å². The lowest BCUT2D eigenvalue weighted by Crippen LogP contribution is -2.51. The number of nitriles is 1. The maximum Gasteiger partial charge on any atom is 0.409 e. The van der Waals surface area contributed by atoms with Crippen molar-refractivity contribution in [1.82, 2.24) is 4.90 Å². The lowest BCUT2D eigenvalue weighted by molar-refractivity contribution is -0.145. The molecule has 1 fully saturated rings. The third kappa shape index (κ3) is 1.18. The zero-order chi connectivity index (χ0) is 10.1. The number of carbonyl (C=O) groups is 2. The van der Waals surface area contributed by atoms with Crippen LogP contribution in [0.25, 0.3) is 0 Å². The summed E-state index contributed by atoms with van der Waals surface area (Å²) in [5.41, 5.74) is -1.87. The average molecular weight is 184 g/mol. The molecule has 0 aromatic carbocycles. The molecule has 6 heteroatoms. The first-order chi connectivity index (χ1) is 6.04. The number of carboxylic acid groups (broad SMARTS) is 2. The fraction of sp³-hybridized carbons (Fsp3) is 0.571. The van der Waals surface area contributed by atoms with Crippen molar-refractivity contribution in [2.75, 3.05) is 6.54 Å². The van der Waals surface area contributed by atoms with Gasteiger partial charge in [-0.05, 0) is 12.8 Å². The predicted molar refractivity (Wildman–Crippen MR) is 39.9 cm³/mol. The van der Waals surface area contributed by atoms with Crippen molar-refractivity contribution >= 4 is 12.1 Å². The van der Waals surface area contributed by atoms with Crippen LogP contribution >= 0.6 is 0 Å². The molecule has 1 rings (SSSR count). The van der Waals surface area contributed by atoms with E-state index in [9.17, 15) is 9.59 Å². The Bertz CT molecular complexity index is 295. The first-order valence-corrected chi connectivity index (χ1v) is 3.70. The number of rotatable bonds is 1. The number of hydrogen-bond donors (Lipinski definition) is 2. The average Bonchev–Trinajstić information content (AvgIpc) is 2.48. The Morgan fingerprint density at radius 3 is 2.38 bits per heavy atom. The van der Waals surface area contributed by atoms with Gasteiger partial charge in [-0.2, -0.15) is 5.26 Å². The lowest BCUT2D eigenvalue weighted by Gasteiger charge is -2.25. The molecule has 0 aromatic rings. The highest BCUT2D eigenvalue weighted by Crippen LogP contribution is 2.28. The molecule has 1 saturated heterocycles. The van der Waals surface area contributed by atoms with Gasteiger partial charge < -0.3 is 10.2 Å². The van der Waals surface area contributed by atoms with Crippen LogP contribution in [0.1, 0.15) is 12.8 Å². The number of aliphatic carboxylic acids is 1. The number of likely N-dealkylation sites (tertiary alicyclic amines) is 1. The van der Waals surface area contributed by atoms with Crippen molar-refractivity contribution in [3.63, 3.8) is 0 Å². The van der Waals surface area contributed by atoms with Crippen LogP contribution in [-0.4, -0.2) is 39.3 Å². The van der Waals surface area contributed by atoms with E-state index >= 15 is 0 Å². The monoisotopic (exact) mass is 184 g/mol. The van der Waals surface area contributed by atoms with Crippen molar-refractivity contribution in [2.45, 2.75) is 18.4 Å². The molecule has 1 aliphatic rings. The van der Waals surface area contributed by atoms with Gasteiger partial charge in [0.25, 0.3) is 0 Å². The van der Waals surface area contributed by atoms with Gasteiger partial charge in [0.2, 0.25) is 5.54 Å². The Morgan fingerprint density at radius 2 is 2.08 bits per heavy atom. The van der Waals surface area contributed by atoms with E-state index < -0.39 is 17.6 Å². The highest BCUT2D eigenvalue weighted by Gasteiger charge is 2.51. The quantitative estimate of drug-likeness (QED) is 0.602. The highest BCUT2D eigenvalue weighted by atomic mass is 16.4. The Labute approximate surface area is 74.0 Å². The minimum atomic E-state index is -1.87. The summed E-state index contributed by atoms with van der Waals surface area (Å²) < 4.78 is 0. The molecule has 0 aliphatic carbocycles. The molecule has 0 saturated carbocycles. The lowest BCUT2D eigenvalue weighted by atomic mass is 9.99. The molecule has 2 N–H and O–H groups in total. The minimum absolute atomic E-state index is 0.0606. The standard InChI is InChI=1S/C7H8N2O4/c8-4-7(5(10)11)2-1-3-9(7)6(12)13/h1-3H2,(H,10,11)(H,12,13). The van der Waals surface area contributed by atoms with Gasteiger partial charge >= 0.3 is 12.1 Å². The van der Waals surface area contributed by atoms with Crippen LogP contribution in [0.2, 0.25) is 0 Å². The first-order valence-electron chi connectivity index (χ1n) is 3.70. The second-order valence-corrected chi connectivity index (χ2v) is 2.81. The van der Waals surface area contributed by atoms with Gasteiger partial charge in [-0.1, -0.05) is 0 Å². The van der Waals surface area contributed by atoms with Crippen molar-refractivity contribution in [3.05, 3.63) is 0 Å². The van der Waals surface area contributed by atoms with Crippen molar-refractivity contribution < 1.29 is 19.8 Å². The van der Waals surface area contributed by atoms with Crippen LogP contribution in [0.3, 0.4) is 0 Å². The number of amides is 1. The molecule has 0 aromatic heterocycles. The maximum absolute atomic E-state index is 10.7. The van der Waals surface area contributed by atoms with Crippen LogP contribution in [0.15, 0.2) is 0 Å². The topological polar surface area (TPSA) is 102 Å². The first kappa shape index (κ1) is 9.32. The summed E-state index contributed by atoms with van der Waals surface area (Å²) in [5, 5.41) is 26.1. The van der Waals surface area contributed by atoms with Gasteiger partial charge in [0.15, 0.2) is 0 Å². The summed E-state index contributed by atoms with van der Waals surface area (Å²) in [7, 11) is 0. The molecule has 70 valence electrons. The van der Waals surface area contributed by atoms with Gasteiger partial charge in [-0.25, -0.2) is 9.59 Å². The Hall–Kier alpha value is -1.77. The largest absolute Gasteiger partial charge is 0.479 e. The fourth-order valence-corrected chi connectivity index (χ4v) is 1.46. The van der Waals surface area contributed by atoms with Crippen LogP contribution in [0.4, 0.5) is 4.79 Å². The summed E-state index contributed by atoms with van der Waals surface area (Å²) in [6.07, 6.45) is -0.890. The zero-order valence-corrected chi connectivity index (χ0v) is 6.73. The normalized spacial score (nSPS) is 26.8. The number of carboxylic acids is 1. The minimum Gasteiger partial charge on any atom is -0.479 e. The van der Waals surface area contributed by atoms with Crippen LogP contribution in [0.5, 0.6) is 0 Å². The van der Waals surface area contributed by atoms with Crippen molar-refractivity contribution in [3.8, 4) is 6.07 Å². The smallest absolute Gasteiger partial charge is 0.409 e. The van der Waals surface area contributed by atoms with Crippen LogP contribution in [-0.2, 0) is 4.79 Å². The van der Waals surface area contributed by atoms with Crippen molar-refractivity contribution in [1.29, 1.82) is 5.26 Å². The molecule has 6 nitrogen and oxygen atoms in total. The summed E-state index contributed by atoms with van der Waals surface area (Å²) >= 11 is 0. The van der Waals surface area contributed by atoms with E-state index in [0.29, 0.717) is 11.3 Å². The molecular formula is C7H8N2O4. The molecule has 1 heterocycles. The molecule has 1 aliphatic heterocycles. The SMILES string of the molecule is N#CC1(C(=O)O)CCCN1C(=O)O.